The number of carbonyl (C=O) groups is 1. The summed E-state index contributed by atoms with van der Waals surface area (Å²) in [5.41, 5.74) is 7.58. The van der Waals surface area contributed by atoms with Gasteiger partial charge in [0.15, 0.2) is 0 Å². The zero-order valence-corrected chi connectivity index (χ0v) is 11.3. The highest BCUT2D eigenvalue weighted by Gasteiger charge is 2.04. The van der Waals surface area contributed by atoms with Crippen LogP contribution in [0, 0.1) is 6.92 Å². The first-order chi connectivity index (χ1) is 9.08. The topological polar surface area (TPSA) is 52.3 Å². The zero-order chi connectivity index (χ0) is 13.8. The van der Waals surface area contributed by atoms with E-state index < -0.39 is 5.91 Å². The number of hydrogen-bond donors (Lipinski definition) is 1. The van der Waals surface area contributed by atoms with Crippen LogP contribution in [-0.2, 0) is 6.61 Å². The molecule has 0 bridgehead atoms. The molecule has 0 aliphatic carbocycles. The van der Waals surface area contributed by atoms with Crippen LogP contribution >= 0.6 is 11.6 Å². The van der Waals surface area contributed by atoms with Crippen LogP contribution in [0.2, 0.25) is 5.02 Å². The van der Waals surface area contributed by atoms with Crippen molar-refractivity contribution in [1.82, 2.24) is 0 Å². The number of nitrogens with two attached hydrogens (primary N) is 1. The van der Waals surface area contributed by atoms with Gasteiger partial charge in [0.25, 0.3) is 0 Å². The molecule has 98 valence electrons. The Labute approximate surface area is 117 Å². The van der Waals surface area contributed by atoms with E-state index in [0.29, 0.717) is 17.9 Å². The van der Waals surface area contributed by atoms with Crippen LogP contribution in [0.15, 0.2) is 42.5 Å². The summed E-state index contributed by atoms with van der Waals surface area (Å²) in [4.78, 5) is 10.9. The molecule has 2 N–H and O–H groups in total. The van der Waals surface area contributed by atoms with Gasteiger partial charge in [0.1, 0.15) is 12.4 Å². The Morgan fingerprint density at radius 3 is 2.53 bits per heavy atom. The summed E-state index contributed by atoms with van der Waals surface area (Å²) in [7, 11) is 0. The molecule has 0 heterocycles. The molecule has 2 aromatic rings. The van der Waals surface area contributed by atoms with Crippen LogP contribution in [0.3, 0.4) is 0 Å². The SMILES string of the molecule is Cc1cccc(COc2ccc(C(N)=O)cc2)c1Cl. The lowest BCUT2D eigenvalue weighted by Crippen LogP contribution is -2.10. The highest BCUT2D eigenvalue weighted by atomic mass is 35.5. The van der Waals surface area contributed by atoms with Crippen molar-refractivity contribution in [3.63, 3.8) is 0 Å². The molecule has 0 aromatic heterocycles. The van der Waals surface area contributed by atoms with E-state index in [1.807, 2.05) is 25.1 Å². The molecule has 0 aliphatic heterocycles. The third-order valence-corrected chi connectivity index (χ3v) is 3.35. The zero-order valence-electron chi connectivity index (χ0n) is 10.5. The first kappa shape index (κ1) is 13.4. The van der Waals surface area contributed by atoms with Crippen LogP contribution in [0.25, 0.3) is 0 Å². The summed E-state index contributed by atoms with van der Waals surface area (Å²) in [6.45, 7) is 2.34. The number of carbonyl (C=O) groups excluding carboxylic acids is 1. The van der Waals surface area contributed by atoms with Crippen molar-refractivity contribution in [3.8, 4) is 5.75 Å². The maximum Gasteiger partial charge on any atom is 0.248 e. The highest BCUT2D eigenvalue weighted by Crippen LogP contribution is 2.22. The lowest BCUT2D eigenvalue weighted by molar-refractivity contribution is 0.100. The Hall–Kier alpha value is -2.00. The van der Waals surface area contributed by atoms with Crippen LogP contribution in [0.4, 0.5) is 0 Å². The largest absolute Gasteiger partial charge is 0.489 e. The second kappa shape index (κ2) is 5.76. The molecule has 0 fully saturated rings. The maximum atomic E-state index is 10.9. The van der Waals surface area contributed by atoms with Gasteiger partial charge < -0.3 is 10.5 Å². The van der Waals surface area contributed by atoms with Crippen LogP contribution in [0.5, 0.6) is 5.75 Å². The van der Waals surface area contributed by atoms with Crippen molar-refractivity contribution in [2.75, 3.05) is 0 Å². The number of amides is 1. The third-order valence-electron chi connectivity index (χ3n) is 2.80. The van der Waals surface area contributed by atoms with Gasteiger partial charge in [0.2, 0.25) is 5.91 Å². The molecule has 0 spiro atoms. The van der Waals surface area contributed by atoms with E-state index in [4.69, 9.17) is 22.1 Å². The van der Waals surface area contributed by atoms with Gasteiger partial charge in [-0.3, -0.25) is 4.79 Å². The van der Waals surface area contributed by atoms with E-state index in [1.54, 1.807) is 24.3 Å². The van der Waals surface area contributed by atoms with Crippen LogP contribution in [0.1, 0.15) is 21.5 Å². The normalized spacial score (nSPS) is 10.2. The van der Waals surface area contributed by atoms with Crippen molar-refractivity contribution >= 4 is 17.5 Å². The number of ether oxygens (including phenoxy) is 1. The van der Waals surface area contributed by atoms with Gasteiger partial charge in [-0.25, -0.2) is 0 Å². The molecule has 0 unspecified atom stereocenters. The van der Waals surface area contributed by atoms with Crippen LogP contribution < -0.4 is 10.5 Å². The Kier molecular flexibility index (Phi) is 4.07. The quantitative estimate of drug-likeness (QED) is 0.930. The van der Waals surface area contributed by atoms with Gasteiger partial charge in [-0.05, 0) is 36.8 Å². The molecular weight excluding hydrogens is 262 g/mol. The Balaban J connectivity index is 2.06. The van der Waals surface area contributed by atoms with E-state index in [0.717, 1.165) is 16.1 Å². The summed E-state index contributed by atoms with van der Waals surface area (Å²) in [6, 6.07) is 12.5. The molecule has 0 saturated carbocycles. The molecule has 0 atom stereocenters. The smallest absolute Gasteiger partial charge is 0.248 e. The van der Waals surface area contributed by atoms with E-state index in [2.05, 4.69) is 0 Å². The van der Waals surface area contributed by atoms with Crippen molar-refractivity contribution in [2.45, 2.75) is 13.5 Å². The fraction of sp³-hybridized carbons (Fsp3) is 0.133. The van der Waals surface area contributed by atoms with E-state index in [9.17, 15) is 4.79 Å². The van der Waals surface area contributed by atoms with Gasteiger partial charge in [-0.15, -0.1) is 0 Å². The Bertz CT molecular complexity index is 594. The predicted molar refractivity (Wildman–Crippen MR) is 75.5 cm³/mol. The fourth-order valence-corrected chi connectivity index (χ4v) is 1.88. The standard InChI is InChI=1S/C15H14ClNO2/c1-10-3-2-4-12(14(10)16)9-19-13-7-5-11(6-8-13)15(17)18/h2-8H,9H2,1H3,(H2,17,18). The number of aryl methyl sites for hydroxylation is 1. The van der Waals surface area contributed by atoms with Crippen molar-refractivity contribution in [2.24, 2.45) is 5.73 Å². The highest BCUT2D eigenvalue weighted by molar-refractivity contribution is 6.32. The number of rotatable bonds is 4. The first-order valence-electron chi connectivity index (χ1n) is 5.84. The summed E-state index contributed by atoms with van der Waals surface area (Å²) < 4.78 is 5.63. The molecule has 2 aromatic carbocycles. The monoisotopic (exact) mass is 275 g/mol. The van der Waals surface area contributed by atoms with Crippen molar-refractivity contribution in [1.29, 1.82) is 0 Å². The molecule has 4 heteroatoms. The molecule has 19 heavy (non-hydrogen) atoms. The molecular formula is C15H14ClNO2. The van der Waals surface area contributed by atoms with Crippen LogP contribution in [-0.4, -0.2) is 5.91 Å². The van der Waals surface area contributed by atoms with Gasteiger partial charge in [0, 0.05) is 11.1 Å². The fourth-order valence-electron chi connectivity index (χ4n) is 1.70. The second-order valence-corrected chi connectivity index (χ2v) is 4.60. The van der Waals surface area contributed by atoms with E-state index in [-0.39, 0.29) is 0 Å². The molecule has 0 radical (unpaired) electrons. The molecule has 1 amide bonds. The van der Waals surface area contributed by atoms with E-state index in [1.165, 1.54) is 0 Å². The predicted octanol–water partition coefficient (Wildman–Crippen LogP) is 3.33. The Morgan fingerprint density at radius 1 is 1.21 bits per heavy atom. The average Bonchev–Trinajstić information content (AvgIpc) is 2.41. The molecule has 0 aliphatic rings. The van der Waals surface area contributed by atoms with Crippen molar-refractivity contribution in [3.05, 3.63) is 64.2 Å². The average molecular weight is 276 g/mol. The molecule has 3 nitrogen and oxygen atoms in total. The van der Waals surface area contributed by atoms with Gasteiger partial charge >= 0.3 is 0 Å². The van der Waals surface area contributed by atoms with E-state index >= 15 is 0 Å². The second-order valence-electron chi connectivity index (χ2n) is 4.23. The van der Waals surface area contributed by atoms with Gasteiger partial charge in [0.05, 0.1) is 5.02 Å². The Morgan fingerprint density at radius 2 is 1.89 bits per heavy atom. The lowest BCUT2D eigenvalue weighted by Gasteiger charge is -2.09. The molecule has 2 rings (SSSR count). The first-order valence-corrected chi connectivity index (χ1v) is 6.22. The minimum atomic E-state index is -0.451. The summed E-state index contributed by atoms with van der Waals surface area (Å²) in [5.74, 6) is 0.218. The third kappa shape index (κ3) is 3.26. The minimum absolute atomic E-state index is 0.385. The van der Waals surface area contributed by atoms with Gasteiger partial charge in [-0.1, -0.05) is 29.8 Å². The number of hydrogen-bond acceptors (Lipinski definition) is 2. The summed E-state index contributed by atoms with van der Waals surface area (Å²) in [6.07, 6.45) is 0. The summed E-state index contributed by atoms with van der Waals surface area (Å²) in [5, 5.41) is 0.719. The molecule has 0 saturated heterocycles. The number of primary amides is 1. The van der Waals surface area contributed by atoms with Crippen molar-refractivity contribution < 1.29 is 9.53 Å². The number of benzene rings is 2. The lowest BCUT2D eigenvalue weighted by atomic mass is 10.1. The maximum absolute atomic E-state index is 10.9. The minimum Gasteiger partial charge on any atom is -0.489 e. The summed E-state index contributed by atoms with van der Waals surface area (Å²) >= 11 is 6.19. The van der Waals surface area contributed by atoms with Gasteiger partial charge in [-0.2, -0.15) is 0 Å². The number of halogens is 1.